The molecule has 2 N–H and O–H groups in total. The van der Waals surface area contributed by atoms with E-state index in [9.17, 15) is 0 Å². The summed E-state index contributed by atoms with van der Waals surface area (Å²) in [6, 6.07) is 3.09. The minimum atomic E-state index is 0.106. The van der Waals surface area contributed by atoms with Crippen LogP contribution < -0.4 is 5.73 Å². The summed E-state index contributed by atoms with van der Waals surface area (Å²) in [4.78, 5) is 0. The maximum Gasteiger partial charge on any atom is 0.0337 e. The molecule has 1 saturated carbocycles. The van der Waals surface area contributed by atoms with E-state index in [1.54, 1.807) is 0 Å². The molecule has 0 aromatic carbocycles. The highest BCUT2D eigenvalue weighted by Gasteiger charge is 2.30. The molecule has 1 aromatic heterocycles. The molecule has 1 aliphatic carbocycles. The zero-order chi connectivity index (χ0) is 11.2. The van der Waals surface area contributed by atoms with Crippen LogP contribution in [0.25, 0.3) is 0 Å². The van der Waals surface area contributed by atoms with Crippen LogP contribution in [0, 0.1) is 13.8 Å². The average molecular weight is 206 g/mol. The van der Waals surface area contributed by atoms with Crippen molar-refractivity contribution < 1.29 is 0 Å². The number of nitrogens with two attached hydrogens (primary N) is 1. The SMILES string of the molecule is Cc1cc(C(C)(C)CN)c(C)n1C1CC1. The second kappa shape index (κ2) is 3.38. The van der Waals surface area contributed by atoms with Crippen LogP contribution in [0.5, 0.6) is 0 Å². The van der Waals surface area contributed by atoms with Gasteiger partial charge >= 0.3 is 0 Å². The number of rotatable bonds is 3. The van der Waals surface area contributed by atoms with Crippen molar-refractivity contribution in [2.24, 2.45) is 5.73 Å². The molecule has 0 bridgehead atoms. The van der Waals surface area contributed by atoms with Gasteiger partial charge in [-0.3, -0.25) is 0 Å². The van der Waals surface area contributed by atoms with E-state index < -0.39 is 0 Å². The van der Waals surface area contributed by atoms with Crippen molar-refractivity contribution in [2.45, 2.75) is 52.0 Å². The highest BCUT2D eigenvalue weighted by Crippen LogP contribution is 2.40. The molecule has 2 nitrogen and oxygen atoms in total. The number of aryl methyl sites for hydroxylation is 1. The van der Waals surface area contributed by atoms with Crippen LogP contribution >= 0.6 is 0 Å². The van der Waals surface area contributed by atoms with Gasteiger partial charge in [0.25, 0.3) is 0 Å². The van der Waals surface area contributed by atoms with Crippen LogP contribution in [0.15, 0.2) is 6.07 Å². The standard InChI is InChI=1S/C13H22N2/c1-9-7-12(13(3,4)8-14)10(2)15(9)11-5-6-11/h7,11H,5-6,8,14H2,1-4H3. The number of aromatic nitrogens is 1. The molecule has 15 heavy (non-hydrogen) atoms. The Morgan fingerprint density at radius 3 is 2.47 bits per heavy atom. The molecule has 1 aliphatic rings. The predicted octanol–water partition coefficient (Wildman–Crippen LogP) is 2.68. The monoisotopic (exact) mass is 206 g/mol. The molecule has 0 radical (unpaired) electrons. The normalized spacial score (nSPS) is 17.1. The van der Waals surface area contributed by atoms with Gasteiger partial charge in [0.15, 0.2) is 0 Å². The molecule has 0 unspecified atom stereocenters. The zero-order valence-corrected chi connectivity index (χ0v) is 10.3. The Morgan fingerprint density at radius 1 is 1.40 bits per heavy atom. The summed E-state index contributed by atoms with van der Waals surface area (Å²) in [6.07, 6.45) is 2.69. The lowest BCUT2D eigenvalue weighted by atomic mass is 9.85. The molecule has 1 aromatic rings. The van der Waals surface area contributed by atoms with Gasteiger partial charge in [-0.05, 0) is 38.3 Å². The summed E-state index contributed by atoms with van der Waals surface area (Å²) in [6.45, 7) is 9.61. The molecule has 0 amide bonds. The van der Waals surface area contributed by atoms with E-state index >= 15 is 0 Å². The van der Waals surface area contributed by atoms with Gasteiger partial charge in [0, 0.05) is 29.4 Å². The third-order valence-electron chi connectivity index (χ3n) is 3.64. The first-order valence-electron chi connectivity index (χ1n) is 5.86. The molecule has 0 atom stereocenters. The van der Waals surface area contributed by atoms with E-state index in [0.717, 1.165) is 6.04 Å². The van der Waals surface area contributed by atoms with Gasteiger partial charge in [0.1, 0.15) is 0 Å². The lowest BCUT2D eigenvalue weighted by Gasteiger charge is -2.23. The van der Waals surface area contributed by atoms with E-state index in [1.807, 2.05) is 0 Å². The summed E-state index contributed by atoms with van der Waals surface area (Å²) < 4.78 is 2.49. The van der Waals surface area contributed by atoms with Crippen LogP contribution in [0.4, 0.5) is 0 Å². The van der Waals surface area contributed by atoms with Crippen LogP contribution in [-0.2, 0) is 5.41 Å². The van der Waals surface area contributed by atoms with Gasteiger partial charge in [0.05, 0.1) is 0 Å². The molecule has 84 valence electrons. The predicted molar refractivity (Wildman–Crippen MR) is 64.3 cm³/mol. The molecule has 2 rings (SSSR count). The quantitative estimate of drug-likeness (QED) is 0.810. The Bertz CT molecular complexity index is 370. The molecular formula is C13H22N2. The Morgan fingerprint density at radius 2 is 2.00 bits per heavy atom. The topological polar surface area (TPSA) is 30.9 Å². The summed E-state index contributed by atoms with van der Waals surface area (Å²) in [5, 5.41) is 0. The number of nitrogens with zero attached hydrogens (tertiary/aromatic N) is 1. The zero-order valence-electron chi connectivity index (χ0n) is 10.3. The van der Waals surface area contributed by atoms with Crippen molar-refractivity contribution in [1.82, 2.24) is 4.57 Å². The largest absolute Gasteiger partial charge is 0.346 e. The van der Waals surface area contributed by atoms with Crippen molar-refractivity contribution >= 4 is 0 Å². The smallest absolute Gasteiger partial charge is 0.0337 e. The van der Waals surface area contributed by atoms with Crippen molar-refractivity contribution in [3.8, 4) is 0 Å². The summed E-state index contributed by atoms with van der Waals surface area (Å²) >= 11 is 0. The van der Waals surface area contributed by atoms with Crippen molar-refractivity contribution in [2.75, 3.05) is 6.54 Å². The molecule has 1 fully saturated rings. The summed E-state index contributed by atoms with van der Waals surface area (Å²) in [5.41, 5.74) is 10.2. The Kier molecular flexibility index (Phi) is 2.42. The minimum Gasteiger partial charge on any atom is -0.346 e. The maximum absolute atomic E-state index is 5.85. The van der Waals surface area contributed by atoms with Crippen LogP contribution in [0.1, 0.15) is 49.7 Å². The van der Waals surface area contributed by atoms with Gasteiger partial charge in [-0.1, -0.05) is 13.8 Å². The lowest BCUT2D eigenvalue weighted by molar-refractivity contribution is 0.531. The number of hydrogen-bond donors (Lipinski definition) is 1. The van der Waals surface area contributed by atoms with Crippen LogP contribution in [-0.4, -0.2) is 11.1 Å². The fourth-order valence-electron chi connectivity index (χ4n) is 2.47. The third-order valence-corrected chi connectivity index (χ3v) is 3.64. The first-order chi connectivity index (χ1) is 6.97. The first-order valence-corrected chi connectivity index (χ1v) is 5.86. The van der Waals surface area contributed by atoms with Crippen molar-refractivity contribution in [3.63, 3.8) is 0 Å². The fraction of sp³-hybridized carbons (Fsp3) is 0.692. The fourth-order valence-corrected chi connectivity index (χ4v) is 2.47. The van der Waals surface area contributed by atoms with E-state index in [2.05, 4.69) is 38.3 Å². The van der Waals surface area contributed by atoms with E-state index in [1.165, 1.54) is 29.8 Å². The lowest BCUT2D eigenvalue weighted by Crippen LogP contribution is -2.28. The molecule has 1 heterocycles. The van der Waals surface area contributed by atoms with Crippen molar-refractivity contribution in [3.05, 3.63) is 23.0 Å². The highest BCUT2D eigenvalue weighted by atomic mass is 15.1. The van der Waals surface area contributed by atoms with Crippen molar-refractivity contribution in [1.29, 1.82) is 0 Å². The van der Waals surface area contributed by atoms with Gasteiger partial charge < -0.3 is 10.3 Å². The van der Waals surface area contributed by atoms with Crippen LogP contribution in [0.2, 0.25) is 0 Å². The number of hydrogen-bond acceptors (Lipinski definition) is 1. The van der Waals surface area contributed by atoms with Gasteiger partial charge in [0.2, 0.25) is 0 Å². The maximum atomic E-state index is 5.85. The Labute approximate surface area is 92.5 Å². The van der Waals surface area contributed by atoms with E-state index in [0.29, 0.717) is 6.54 Å². The average Bonchev–Trinajstić information content (AvgIpc) is 2.94. The molecule has 0 saturated heterocycles. The van der Waals surface area contributed by atoms with Gasteiger partial charge in [-0.2, -0.15) is 0 Å². The minimum absolute atomic E-state index is 0.106. The summed E-state index contributed by atoms with van der Waals surface area (Å²) in [5.74, 6) is 0. The Balaban J connectivity index is 2.45. The Hall–Kier alpha value is -0.760. The van der Waals surface area contributed by atoms with Gasteiger partial charge in [-0.15, -0.1) is 0 Å². The molecule has 0 spiro atoms. The van der Waals surface area contributed by atoms with E-state index in [4.69, 9.17) is 5.73 Å². The molecule has 0 aliphatic heterocycles. The first kappa shape index (κ1) is 10.7. The highest BCUT2D eigenvalue weighted by molar-refractivity contribution is 5.34. The molecular weight excluding hydrogens is 184 g/mol. The van der Waals surface area contributed by atoms with Crippen LogP contribution in [0.3, 0.4) is 0 Å². The third kappa shape index (κ3) is 1.71. The second-order valence-corrected chi connectivity index (χ2v) is 5.47. The van der Waals surface area contributed by atoms with Gasteiger partial charge in [-0.25, -0.2) is 0 Å². The summed E-state index contributed by atoms with van der Waals surface area (Å²) in [7, 11) is 0. The second-order valence-electron chi connectivity index (χ2n) is 5.47. The molecule has 2 heteroatoms. The van der Waals surface area contributed by atoms with E-state index in [-0.39, 0.29) is 5.41 Å².